The standard InChI is InChI=1S/C28H30F2N4O2S/c1-16-5-10-24-23(32-15-28(3,4)36)14-26(37-19-7-9-21(29)22(30)13-19)33-34(24)25(11-16)18-6-8-20(27(31)35)17(2)12-18/h6-13,16,36H,5,14-15H2,1-4H3,(H2,31,35). The fraction of sp³-hybridized carbons (Fsp3) is 0.321. The number of allylic oxidation sites excluding steroid dienone is 3. The molecule has 194 valence electrons. The van der Waals surface area contributed by atoms with Crippen molar-refractivity contribution in [2.45, 2.75) is 51.0 Å². The number of aryl methyl sites for hydroxylation is 1. The summed E-state index contributed by atoms with van der Waals surface area (Å²) in [7, 11) is 0. The van der Waals surface area contributed by atoms with Crippen molar-refractivity contribution in [3.8, 4) is 0 Å². The molecule has 0 saturated heterocycles. The quantitative estimate of drug-likeness (QED) is 0.528. The van der Waals surface area contributed by atoms with E-state index in [1.54, 1.807) is 19.9 Å². The zero-order valence-electron chi connectivity index (χ0n) is 21.3. The van der Waals surface area contributed by atoms with E-state index < -0.39 is 23.1 Å². The predicted octanol–water partition coefficient (Wildman–Crippen LogP) is 5.66. The number of benzene rings is 2. The smallest absolute Gasteiger partial charge is 0.248 e. The zero-order chi connectivity index (χ0) is 26.9. The second kappa shape index (κ2) is 10.6. The van der Waals surface area contributed by atoms with Crippen molar-refractivity contribution >= 4 is 34.1 Å². The number of fused-ring (bicyclic) bond motifs is 1. The van der Waals surface area contributed by atoms with Crippen molar-refractivity contribution in [2.24, 2.45) is 21.7 Å². The molecule has 0 fully saturated rings. The summed E-state index contributed by atoms with van der Waals surface area (Å²) in [5.41, 5.74) is 8.93. The van der Waals surface area contributed by atoms with E-state index in [0.717, 1.165) is 46.8 Å². The Labute approximate surface area is 219 Å². The SMILES string of the molecule is Cc1cc(C2=CC(C)CC=C3C(=NCC(C)(C)O)CC(Sc4ccc(F)c(F)c4)=NN32)ccc1C(N)=O. The molecule has 1 atom stereocenters. The van der Waals surface area contributed by atoms with E-state index in [1.807, 2.05) is 24.1 Å². The highest BCUT2D eigenvalue weighted by Gasteiger charge is 2.30. The van der Waals surface area contributed by atoms with Gasteiger partial charge >= 0.3 is 0 Å². The van der Waals surface area contributed by atoms with Gasteiger partial charge in [0.05, 0.1) is 29.3 Å². The molecule has 0 aromatic heterocycles. The van der Waals surface area contributed by atoms with Crippen molar-refractivity contribution in [2.75, 3.05) is 6.54 Å². The number of carbonyl (C=O) groups is 1. The number of primary amides is 1. The normalized spacial score (nSPS) is 19.1. The summed E-state index contributed by atoms with van der Waals surface area (Å²) in [6.45, 7) is 7.52. The summed E-state index contributed by atoms with van der Waals surface area (Å²) in [6, 6.07) is 9.21. The monoisotopic (exact) mass is 524 g/mol. The highest BCUT2D eigenvalue weighted by Crippen LogP contribution is 2.37. The molecule has 2 heterocycles. The molecule has 4 rings (SSSR count). The maximum Gasteiger partial charge on any atom is 0.248 e. The second-order valence-electron chi connectivity index (χ2n) is 9.98. The minimum atomic E-state index is -1.00. The first-order chi connectivity index (χ1) is 17.4. The number of thioether (sulfide) groups is 1. The van der Waals surface area contributed by atoms with Gasteiger partial charge in [-0.3, -0.25) is 9.79 Å². The number of aliphatic hydroxyl groups is 1. The Balaban J connectivity index is 1.81. The summed E-state index contributed by atoms with van der Waals surface area (Å²) >= 11 is 1.24. The van der Waals surface area contributed by atoms with Crippen molar-refractivity contribution in [1.82, 2.24) is 5.01 Å². The third-order valence-electron chi connectivity index (χ3n) is 5.98. The molecular weight excluding hydrogens is 494 g/mol. The lowest BCUT2D eigenvalue weighted by molar-refractivity contribution is 0.0903. The summed E-state index contributed by atoms with van der Waals surface area (Å²) in [5.74, 6) is -2.13. The van der Waals surface area contributed by atoms with Crippen molar-refractivity contribution in [3.63, 3.8) is 0 Å². The molecule has 2 aromatic rings. The van der Waals surface area contributed by atoms with E-state index in [9.17, 15) is 18.7 Å². The van der Waals surface area contributed by atoms with Gasteiger partial charge in [0.2, 0.25) is 5.91 Å². The Bertz CT molecular complexity index is 1360. The van der Waals surface area contributed by atoms with E-state index in [2.05, 4.69) is 19.1 Å². The number of hydrogen-bond acceptors (Lipinski definition) is 6. The van der Waals surface area contributed by atoms with E-state index in [4.69, 9.17) is 15.8 Å². The van der Waals surface area contributed by atoms with Crippen LogP contribution in [-0.4, -0.2) is 38.9 Å². The molecular formula is C28H30F2N4O2S. The zero-order valence-corrected chi connectivity index (χ0v) is 22.1. The maximum atomic E-state index is 13.9. The van der Waals surface area contributed by atoms with Crippen molar-refractivity contribution in [1.29, 1.82) is 0 Å². The van der Waals surface area contributed by atoms with Crippen LogP contribution in [-0.2, 0) is 0 Å². The molecule has 1 unspecified atom stereocenters. The molecule has 0 spiro atoms. The molecule has 9 heteroatoms. The average molecular weight is 525 g/mol. The lowest BCUT2D eigenvalue weighted by Crippen LogP contribution is -2.31. The van der Waals surface area contributed by atoms with Crippen LogP contribution in [0.5, 0.6) is 0 Å². The summed E-state index contributed by atoms with van der Waals surface area (Å²) < 4.78 is 27.4. The largest absolute Gasteiger partial charge is 0.389 e. The number of aliphatic imine (C=N–C) groups is 1. The van der Waals surface area contributed by atoms with Crippen LogP contribution in [0, 0.1) is 24.5 Å². The van der Waals surface area contributed by atoms with E-state index >= 15 is 0 Å². The molecule has 0 saturated carbocycles. The number of rotatable bonds is 5. The molecule has 6 nitrogen and oxygen atoms in total. The van der Waals surface area contributed by atoms with Gasteiger partial charge in [-0.2, -0.15) is 5.10 Å². The summed E-state index contributed by atoms with van der Waals surface area (Å²) in [6.07, 6.45) is 5.34. The van der Waals surface area contributed by atoms with Gasteiger partial charge in [0.1, 0.15) is 5.04 Å². The molecule has 3 N–H and O–H groups in total. The molecule has 0 radical (unpaired) electrons. The number of nitrogens with two attached hydrogens (primary N) is 1. The van der Waals surface area contributed by atoms with E-state index in [-0.39, 0.29) is 12.5 Å². The Morgan fingerprint density at radius 3 is 2.62 bits per heavy atom. The minimum Gasteiger partial charge on any atom is -0.389 e. The fourth-order valence-electron chi connectivity index (χ4n) is 4.13. The Hall–Kier alpha value is -3.30. The van der Waals surface area contributed by atoms with Crippen LogP contribution in [0.4, 0.5) is 8.78 Å². The summed E-state index contributed by atoms with van der Waals surface area (Å²) in [5, 5.41) is 17.7. The van der Waals surface area contributed by atoms with Gasteiger partial charge < -0.3 is 10.8 Å². The number of hydrogen-bond donors (Lipinski definition) is 2. The third-order valence-corrected chi connectivity index (χ3v) is 6.93. The van der Waals surface area contributed by atoms with Gasteiger partial charge in [0, 0.05) is 22.4 Å². The maximum absolute atomic E-state index is 13.9. The average Bonchev–Trinajstić information content (AvgIpc) is 2.98. The van der Waals surface area contributed by atoms with Crippen molar-refractivity contribution < 1.29 is 18.7 Å². The van der Waals surface area contributed by atoms with Gasteiger partial charge in [-0.05, 0) is 69.0 Å². The first kappa shape index (κ1) is 26.8. The Morgan fingerprint density at radius 2 is 1.97 bits per heavy atom. The van der Waals surface area contributed by atoms with E-state index in [0.29, 0.717) is 21.9 Å². The fourth-order valence-corrected chi connectivity index (χ4v) is 5.03. The molecule has 2 aliphatic rings. The lowest BCUT2D eigenvalue weighted by Gasteiger charge is -2.31. The van der Waals surface area contributed by atoms with Gasteiger partial charge in [-0.25, -0.2) is 13.8 Å². The number of nitrogens with zero attached hydrogens (tertiary/aromatic N) is 3. The highest BCUT2D eigenvalue weighted by atomic mass is 32.2. The first-order valence-corrected chi connectivity index (χ1v) is 12.8. The van der Waals surface area contributed by atoms with Crippen LogP contribution in [0.25, 0.3) is 5.70 Å². The first-order valence-electron chi connectivity index (χ1n) is 12.0. The van der Waals surface area contributed by atoms with Crippen LogP contribution >= 0.6 is 11.8 Å². The van der Waals surface area contributed by atoms with Crippen molar-refractivity contribution in [3.05, 3.63) is 82.6 Å². The molecule has 1 amide bonds. The molecule has 0 bridgehead atoms. The van der Waals surface area contributed by atoms with Gasteiger partial charge in [0.15, 0.2) is 11.6 Å². The van der Waals surface area contributed by atoms with E-state index in [1.165, 1.54) is 17.8 Å². The number of hydrazone groups is 1. The number of halogens is 2. The van der Waals surface area contributed by atoms with Crippen LogP contribution < -0.4 is 5.73 Å². The summed E-state index contributed by atoms with van der Waals surface area (Å²) in [4.78, 5) is 17.0. The highest BCUT2D eigenvalue weighted by molar-refractivity contribution is 8.14. The Kier molecular flexibility index (Phi) is 7.66. The number of amides is 1. The molecule has 0 aliphatic carbocycles. The minimum absolute atomic E-state index is 0.192. The lowest BCUT2D eigenvalue weighted by atomic mass is 10.00. The van der Waals surface area contributed by atoms with Gasteiger partial charge in [-0.15, -0.1) is 0 Å². The third kappa shape index (κ3) is 6.34. The van der Waals surface area contributed by atoms with Crippen LogP contribution in [0.3, 0.4) is 0 Å². The van der Waals surface area contributed by atoms with Gasteiger partial charge in [-0.1, -0.05) is 36.9 Å². The Morgan fingerprint density at radius 1 is 1.22 bits per heavy atom. The topological polar surface area (TPSA) is 91.3 Å². The molecule has 2 aromatic carbocycles. The molecule has 2 aliphatic heterocycles. The predicted molar refractivity (Wildman–Crippen MR) is 144 cm³/mol. The van der Waals surface area contributed by atoms with Gasteiger partial charge in [0.25, 0.3) is 0 Å². The second-order valence-corrected chi connectivity index (χ2v) is 11.1. The number of carbonyl (C=O) groups excluding carboxylic acids is 1. The van der Waals surface area contributed by atoms with Crippen LogP contribution in [0.1, 0.15) is 55.1 Å². The van der Waals surface area contributed by atoms with Crippen LogP contribution in [0.2, 0.25) is 0 Å². The van der Waals surface area contributed by atoms with Crippen LogP contribution in [0.15, 0.2) is 69.2 Å². The molecule has 37 heavy (non-hydrogen) atoms.